The second kappa shape index (κ2) is 9.29. The molecule has 0 aliphatic heterocycles. The molecular formula is C19H22N2O5S. The number of sulfonamides is 1. The summed E-state index contributed by atoms with van der Waals surface area (Å²) >= 11 is 0. The lowest BCUT2D eigenvalue weighted by molar-refractivity contribution is -0.153. The SMILES string of the molecule is CNS(=O)(=O)c1ccc(CCC(=O)OC(C)C(=O)Nc2ccccc2)cc1. The molecule has 0 fully saturated rings. The van der Waals surface area contributed by atoms with E-state index in [-0.39, 0.29) is 11.3 Å². The van der Waals surface area contributed by atoms with Gasteiger partial charge in [-0.05, 0) is 50.2 Å². The molecule has 2 aromatic rings. The van der Waals surface area contributed by atoms with Crippen LogP contribution in [0.15, 0.2) is 59.5 Å². The number of aryl methyl sites for hydroxylation is 1. The lowest BCUT2D eigenvalue weighted by Gasteiger charge is -2.13. The van der Waals surface area contributed by atoms with Crippen molar-refractivity contribution in [2.45, 2.75) is 30.8 Å². The lowest BCUT2D eigenvalue weighted by atomic mass is 10.1. The van der Waals surface area contributed by atoms with Gasteiger partial charge in [0.1, 0.15) is 0 Å². The fraction of sp³-hybridized carbons (Fsp3) is 0.263. The minimum atomic E-state index is -3.48. The van der Waals surface area contributed by atoms with E-state index in [0.717, 1.165) is 5.56 Å². The lowest BCUT2D eigenvalue weighted by Crippen LogP contribution is -2.30. The van der Waals surface area contributed by atoms with Crippen molar-refractivity contribution in [2.24, 2.45) is 0 Å². The molecule has 2 rings (SSSR count). The highest BCUT2D eigenvalue weighted by atomic mass is 32.2. The zero-order chi connectivity index (χ0) is 19.9. The summed E-state index contributed by atoms with van der Waals surface area (Å²) < 4.78 is 30.7. The highest BCUT2D eigenvalue weighted by molar-refractivity contribution is 7.89. The Bertz CT molecular complexity index is 880. The monoisotopic (exact) mass is 390 g/mol. The maximum atomic E-state index is 12.0. The topological polar surface area (TPSA) is 102 Å². The minimum absolute atomic E-state index is 0.0844. The van der Waals surface area contributed by atoms with E-state index in [1.54, 1.807) is 36.4 Å². The Kier molecular flexibility index (Phi) is 7.09. The van der Waals surface area contributed by atoms with Crippen molar-refractivity contribution in [1.29, 1.82) is 0 Å². The summed E-state index contributed by atoms with van der Waals surface area (Å²) in [4.78, 5) is 24.1. The van der Waals surface area contributed by atoms with Crippen LogP contribution in [0, 0.1) is 0 Å². The molecule has 8 heteroatoms. The molecule has 27 heavy (non-hydrogen) atoms. The summed E-state index contributed by atoms with van der Waals surface area (Å²) in [6.45, 7) is 1.51. The van der Waals surface area contributed by atoms with E-state index in [4.69, 9.17) is 4.74 Å². The van der Waals surface area contributed by atoms with Crippen LogP contribution in [0.2, 0.25) is 0 Å². The van der Waals surface area contributed by atoms with Crippen molar-refractivity contribution in [3.63, 3.8) is 0 Å². The molecule has 0 saturated heterocycles. The molecule has 144 valence electrons. The molecular weight excluding hydrogens is 368 g/mol. The van der Waals surface area contributed by atoms with Crippen molar-refractivity contribution in [3.8, 4) is 0 Å². The summed E-state index contributed by atoms with van der Waals surface area (Å²) in [6.07, 6.45) is -0.451. The number of carbonyl (C=O) groups excluding carboxylic acids is 2. The average molecular weight is 390 g/mol. The van der Waals surface area contributed by atoms with E-state index in [2.05, 4.69) is 10.0 Å². The minimum Gasteiger partial charge on any atom is -0.453 e. The fourth-order valence-corrected chi connectivity index (χ4v) is 3.00. The largest absolute Gasteiger partial charge is 0.453 e. The smallest absolute Gasteiger partial charge is 0.306 e. The maximum absolute atomic E-state index is 12.0. The van der Waals surface area contributed by atoms with Gasteiger partial charge in [-0.15, -0.1) is 0 Å². The van der Waals surface area contributed by atoms with Crippen molar-refractivity contribution < 1.29 is 22.7 Å². The Morgan fingerprint density at radius 2 is 1.67 bits per heavy atom. The van der Waals surface area contributed by atoms with E-state index >= 15 is 0 Å². The van der Waals surface area contributed by atoms with Crippen LogP contribution in [0.3, 0.4) is 0 Å². The van der Waals surface area contributed by atoms with Gasteiger partial charge >= 0.3 is 5.97 Å². The van der Waals surface area contributed by atoms with Crippen LogP contribution in [-0.2, 0) is 30.8 Å². The standard InChI is InChI=1S/C19H22N2O5S/c1-14(19(23)21-16-6-4-3-5-7-16)26-18(22)13-10-15-8-11-17(12-9-15)27(24,25)20-2/h3-9,11-12,14,20H,10,13H2,1-2H3,(H,21,23). The first-order chi connectivity index (χ1) is 12.8. The van der Waals surface area contributed by atoms with Crippen molar-refractivity contribution in [2.75, 3.05) is 12.4 Å². The number of hydrogen-bond acceptors (Lipinski definition) is 5. The highest BCUT2D eigenvalue weighted by Gasteiger charge is 2.18. The van der Waals surface area contributed by atoms with Gasteiger partial charge in [-0.2, -0.15) is 0 Å². The number of amides is 1. The van der Waals surface area contributed by atoms with Crippen LogP contribution in [0.25, 0.3) is 0 Å². The summed E-state index contributed by atoms with van der Waals surface area (Å²) in [5, 5.41) is 2.67. The Morgan fingerprint density at radius 3 is 2.26 bits per heavy atom. The molecule has 1 atom stereocenters. The fourth-order valence-electron chi connectivity index (χ4n) is 2.27. The molecule has 0 aromatic heterocycles. The number of hydrogen-bond donors (Lipinski definition) is 2. The zero-order valence-corrected chi connectivity index (χ0v) is 16.0. The first-order valence-corrected chi connectivity index (χ1v) is 9.88. The Balaban J connectivity index is 1.82. The van der Waals surface area contributed by atoms with Crippen LogP contribution in [-0.4, -0.2) is 33.4 Å². The maximum Gasteiger partial charge on any atom is 0.306 e. The third-order valence-corrected chi connectivity index (χ3v) is 5.27. The molecule has 2 aromatic carbocycles. The molecule has 0 bridgehead atoms. The molecule has 0 aliphatic carbocycles. The molecule has 0 heterocycles. The normalized spacial score (nSPS) is 12.2. The van der Waals surface area contributed by atoms with E-state index < -0.39 is 28.0 Å². The molecule has 0 saturated carbocycles. The predicted octanol–water partition coefficient (Wildman–Crippen LogP) is 2.10. The van der Waals surface area contributed by atoms with E-state index in [9.17, 15) is 18.0 Å². The number of benzene rings is 2. The second-order valence-electron chi connectivity index (χ2n) is 5.84. The number of para-hydroxylation sites is 1. The van der Waals surface area contributed by atoms with Gasteiger partial charge in [0.15, 0.2) is 6.10 Å². The van der Waals surface area contributed by atoms with Crippen LogP contribution in [0.4, 0.5) is 5.69 Å². The number of nitrogens with one attached hydrogen (secondary N) is 2. The first-order valence-electron chi connectivity index (χ1n) is 8.39. The van der Waals surface area contributed by atoms with Crippen molar-refractivity contribution in [3.05, 3.63) is 60.2 Å². The highest BCUT2D eigenvalue weighted by Crippen LogP contribution is 2.12. The zero-order valence-electron chi connectivity index (χ0n) is 15.1. The summed E-state index contributed by atoms with van der Waals surface area (Å²) in [5.41, 5.74) is 1.42. The summed E-state index contributed by atoms with van der Waals surface area (Å²) in [5.74, 6) is -0.909. The Morgan fingerprint density at radius 1 is 1.04 bits per heavy atom. The number of esters is 1. The molecule has 0 spiro atoms. The van der Waals surface area contributed by atoms with Crippen LogP contribution in [0.5, 0.6) is 0 Å². The van der Waals surface area contributed by atoms with Gasteiger partial charge in [0.25, 0.3) is 5.91 Å². The van der Waals surface area contributed by atoms with Gasteiger partial charge in [-0.3, -0.25) is 9.59 Å². The first kappa shape index (κ1) is 20.6. The number of anilines is 1. The molecule has 0 radical (unpaired) electrons. The average Bonchev–Trinajstić information content (AvgIpc) is 2.67. The van der Waals surface area contributed by atoms with E-state index in [1.165, 1.54) is 26.1 Å². The van der Waals surface area contributed by atoms with Crippen molar-refractivity contribution in [1.82, 2.24) is 4.72 Å². The molecule has 2 N–H and O–H groups in total. The van der Waals surface area contributed by atoms with Gasteiger partial charge in [-0.25, -0.2) is 13.1 Å². The summed E-state index contributed by atoms with van der Waals surface area (Å²) in [6, 6.07) is 15.1. The van der Waals surface area contributed by atoms with Crippen LogP contribution in [0.1, 0.15) is 18.9 Å². The Hall–Kier alpha value is -2.71. The van der Waals surface area contributed by atoms with Crippen molar-refractivity contribution >= 4 is 27.6 Å². The van der Waals surface area contributed by atoms with Crippen LogP contribution < -0.4 is 10.0 Å². The number of carbonyl (C=O) groups is 2. The quantitative estimate of drug-likeness (QED) is 0.672. The van der Waals surface area contributed by atoms with Gasteiger partial charge in [-0.1, -0.05) is 30.3 Å². The van der Waals surface area contributed by atoms with Gasteiger partial charge in [0, 0.05) is 12.1 Å². The third-order valence-electron chi connectivity index (χ3n) is 3.84. The van der Waals surface area contributed by atoms with E-state index in [0.29, 0.717) is 12.1 Å². The third kappa shape index (κ3) is 6.19. The van der Waals surface area contributed by atoms with Gasteiger partial charge in [0.2, 0.25) is 10.0 Å². The molecule has 1 amide bonds. The second-order valence-corrected chi connectivity index (χ2v) is 7.73. The van der Waals surface area contributed by atoms with Gasteiger partial charge < -0.3 is 10.1 Å². The molecule has 1 unspecified atom stereocenters. The number of ether oxygens (including phenoxy) is 1. The molecule has 0 aliphatic rings. The van der Waals surface area contributed by atoms with Gasteiger partial charge in [0.05, 0.1) is 4.90 Å². The van der Waals surface area contributed by atoms with Crippen LogP contribution >= 0.6 is 0 Å². The summed E-state index contributed by atoms with van der Waals surface area (Å²) in [7, 11) is -2.14. The number of rotatable bonds is 8. The Labute approximate surface area is 158 Å². The molecule has 7 nitrogen and oxygen atoms in total. The van der Waals surface area contributed by atoms with E-state index in [1.807, 2.05) is 6.07 Å². The predicted molar refractivity (Wildman–Crippen MR) is 102 cm³/mol.